The van der Waals surface area contributed by atoms with Gasteiger partial charge in [-0.1, -0.05) is 13.8 Å². The lowest BCUT2D eigenvalue weighted by Crippen LogP contribution is -2.02. The molecule has 0 radical (unpaired) electrons. The van der Waals surface area contributed by atoms with E-state index >= 15 is 0 Å². The second-order valence-corrected chi connectivity index (χ2v) is 5.65. The number of nitrogens with zero attached hydrogens (tertiary/aromatic N) is 1. The molecule has 0 atom stereocenters. The van der Waals surface area contributed by atoms with Crippen molar-refractivity contribution < 1.29 is 14.6 Å². The molecular formula is C15H17NO3S. The zero-order chi connectivity index (χ0) is 14.5. The topological polar surface area (TPSA) is 59.4 Å². The monoisotopic (exact) mass is 291 g/mol. The molecule has 5 heteroatoms. The number of thiazole rings is 1. The Kier molecular flexibility index (Phi) is 4.74. The molecule has 20 heavy (non-hydrogen) atoms. The van der Waals surface area contributed by atoms with Crippen molar-refractivity contribution in [2.45, 2.75) is 26.2 Å². The first-order valence-corrected chi connectivity index (χ1v) is 7.34. The minimum absolute atomic E-state index is 0.262. The Bertz CT molecular complexity index is 575. The Balaban J connectivity index is 1.84. The quantitative estimate of drug-likeness (QED) is 0.883. The van der Waals surface area contributed by atoms with Crippen molar-refractivity contribution in [1.29, 1.82) is 0 Å². The number of hydrogen-bond acceptors (Lipinski definition) is 4. The van der Waals surface area contributed by atoms with Gasteiger partial charge in [0.25, 0.3) is 0 Å². The van der Waals surface area contributed by atoms with Gasteiger partial charge in [0.2, 0.25) is 0 Å². The summed E-state index contributed by atoms with van der Waals surface area (Å²) in [5.41, 5.74) is 1.30. The first kappa shape index (κ1) is 14.5. The second-order valence-electron chi connectivity index (χ2n) is 4.76. The van der Waals surface area contributed by atoms with E-state index in [1.807, 2.05) is 0 Å². The van der Waals surface area contributed by atoms with Gasteiger partial charge in [-0.15, -0.1) is 11.3 Å². The van der Waals surface area contributed by atoms with Crippen molar-refractivity contribution in [1.82, 2.24) is 4.98 Å². The van der Waals surface area contributed by atoms with E-state index in [9.17, 15) is 4.79 Å². The Hall–Kier alpha value is -1.88. The molecule has 0 aliphatic carbocycles. The number of aromatic carboxylic acids is 1. The molecule has 0 saturated carbocycles. The molecule has 0 aliphatic heterocycles. The number of benzene rings is 1. The molecule has 0 fully saturated rings. The normalized spacial score (nSPS) is 10.8. The van der Waals surface area contributed by atoms with Crippen LogP contribution in [0.1, 0.15) is 40.8 Å². The van der Waals surface area contributed by atoms with Crippen LogP contribution in [0.3, 0.4) is 0 Å². The summed E-state index contributed by atoms with van der Waals surface area (Å²) in [4.78, 5) is 15.3. The zero-order valence-corrected chi connectivity index (χ0v) is 12.3. The molecule has 2 aromatic rings. The van der Waals surface area contributed by atoms with Crippen LogP contribution in [-0.2, 0) is 6.42 Å². The van der Waals surface area contributed by atoms with E-state index in [1.54, 1.807) is 23.5 Å². The number of aromatic nitrogens is 1. The van der Waals surface area contributed by atoms with E-state index in [4.69, 9.17) is 9.84 Å². The number of carbonyl (C=O) groups is 1. The number of rotatable bonds is 6. The van der Waals surface area contributed by atoms with Crippen molar-refractivity contribution in [2.75, 3.05) is 6.61 Å². The first-order chi connectivity index (χ1) is 9.56. The van der Waals surface area contributed by atoms with Gasteiger partial charge in [0.1, 0.15) is 5.75 Å². The lowest BCUT2D eigenvalue weighted by molar-refractivity contribution is 0.0697. The van der Waals surface area contributed by atoms with Gasteiger partial charge in [-0.2, -0.15) is 0 Å². The largest absolute Gasteiger partial charge is 0.493 e. The van der Waals surface area contributed by atoms with E-state index in [0.29, 0.717) is 18.3 Å². The third-order valence-electron chi connectivity index (χ3n) is 2.79. The fourth-order valence-electron chi connectivity index (χ4n) is 1.67. The second kappa shape index (κ2) is 6.52. The Morgan fingerprint density at radius 2 is 2.05 bits per heavy atom. The SMILES string of the molecule is CC(C)c1nc(CCOc2ccc(C(=O)O)cc2)cs1. The van der Waals surface area contributed by atoms with E-state index in [2.05, 4.69) is 24.2 Å². The molecular weight excluding hydrogens is 274 g/mol. The van der Waals surface area contributed by atoms with Crippen molar-refractivity contribution in [2.24, 2.45) is 0 Å². The molecule has 0 spiro atoms. The summed E-state index contributed by atoms with van der Waals surface area (Å²) >= 11 is 1.68. The number of ether oxygens (including phenoxy) is 1. The van der Waals surface area contributed by atoms with Gasteiger partial charge in [-0.05, 0) is 24.3 Å². The standard InChI is InChI=1S/C15H17NO3S/c1-10(2)14-16-12(9-20-14)7-8-19-13-5-3-11(4-6-13)15(17)18/h3-6,9-10H,7-8H2,1-2H3,(H,17,18). The highest BCUT2D eigenvalue weighted by Crippen LogP contribution is 2.19. The van der Waals surface area contributed by atoms with Crippen molar-refractivity contribution in [3.8, 4) is 5.75 Å². The summed E-state index contributed by atoms with van der Waals surface area (Å²) in [5, 5.41) is 12.0. The molecule has 0 bridgehead atoms. The van der Waals surface area contributed by atoms with Gasteiger partial charge < -0.3 is 9.84 Å². The van der Waals surface area contributed by atoms with Crippen molar-refractivity contribution in [3.63, 3.8) is 0 Å². The van der Waals surface area contributed by atoms with Crippen LogP contribution >= 0.6 is 11.3 Å². The predicted molar refractivity (Wildman–Crippen MR) is 78.8 cm³/mol. The van der Waals surface area contributed by atoms with Crippen LogP contribution in [0.2, 0.25) is 0 Å². The zero-order valence-electron chi connectivity index (χ0n) is 11.5. The number of carboxylic acid groups (broad SMARTS) is 1. The van der Waals surface area contributed by atoms with E-state index in [-0.39, 0.29) is 5.56 Å². The molecule has 106 valence electrons. The third-order valence-corrected chi connectivity index (χ3v) is 3.99. The molecule has 2 rings (SSSR count). The molecule has 0 unspecified atom stereocenters. The van der Waals surface area contributed by atoms with E-state index < -0.39 is 5.97 Å². The van der Waals surface area contributed by atoms with Crippen molar-refractivity contribution in [3.05, 3.63) is 45.9 Å². The number of hydrogen-bond donors (Lipinski definition) is 1. The summed E-state index contributed by atoms with van der Waals surface area (Å²) in [7, 11) is 0. The Morgan fingerprint density at radius 3 is 2.60 bits per heavy atom. The molecule has 0 aliphatic rings. The molecule has 1 heterocycles. The smallest absolute Gasteiger partial charge is 0.335 e. The van der Waals surface area contributed by atoms with Crippen LogP contribution in [0.4, 0.5) is 0 Å². The van der Waals surface area contributed by atoms with Crippen LogP contribution in [0, 0.1) is 0 Å². The van der Waals surface area contributed by atoms with Gasteiger partial charge in [0, 0.05) is 17.7 Å². The van der Waals surface area contributed by atoms with Gasteiger partial charge in [-0.3, -0.25) is 0 Å². The van der Waals surface area contributed by atoms with Crippen LogP contribution in [0.15, 0.2) is 29.6 Å². The van der Waals surface area contributed by atoms with Crippen molar-refractivity contribution >= 4 is 17.3 Å². The third kappa shape index (κ3) is 3.81. The van der Waals surface area contributed by atoms with E-state index in [0.717, 1.165) is 17.1 Å². The van der Waals surface area contributed by atoms with Crippen LogP contribution in [0.5, 0.6) is 5.75 Å². The molecule has 0 saturated heterocycles. The first-order valence-electron chi connectivity index (χ1n) is 6.46. The molecule has 1 aromatic heterocycles. The molecule has 1 N–H and O–H groups in total. The summed E-state index contributed by atoms with van der Waals surface area (Å²) in [6.45, 7) is 4.79. The summed E-state index contributed by atoms with van der Waals surface area (Å²) in [5.74, 6) is 0.202. The van der Waals surface area contributed by atoms with Gasteiger partial charge in [0.15, 0.2) is 0 Å². The average Bonchev–Trinajstić information content (AvgIpc) is 2.88. The highest BCUT2D eigenvalue weighted by atomic mass is 32.1. The maximum absolute atomic E-state index is 10.7. The summed E-state index contributed by atoms with van der Waals surface area (Å²) in [6.07, 6.45) is 0.754. The van der Waals surface area contributed by atoms with Crippen LogP contribution < -0.4 is 4.74 Å². The average molecular weight is 291 g/mol. The van der Waals surface area contributed by atoms with E-state index in [1.165, 1.54) is 12.1 Å². The summed E-state index contributed by atoms with van der Waals surface area (Å²) in [6, 6.07) is 6.42. The highest BCUT2D eigenvalue weighted by Gasteiger charge is 2.06. The lowest BCUT2D eigenvalue weighted by Gasteiger charge is -2.05. The number of carboxylic acids is 1. The molecule has 0 amide bonds. The predicted octanol–water partition coefficient (Wildman–Crippen LogP) is 3.59. The lowest BCUT2D eigenvalue weighted by atomic mass is 10.2. The molecule has 1 aromatic carbocycles. The van der Waals surface area contributed by atoms with Gasteiger partial charge >= 0.3 is 5.97 Å². The Labute approximate surface area is 122 Å². The highest BCUT2D eigenvalue weighted by molar-refractivity contribution is 7.09. The fourth-order valence-corrected chi connectivity index (χ4v) is 2.54. The maximum atomic E-state index is 10.7. The fraction of sp³-hybridized carbons (Fsp3) is 0.333. The van der Waals surface area contributed by atoms with Crippen LogP contribution in [-0.4, -0.2) is 22.7 Å². The summed E-state index contributed by atoms with van der Waals surface area (Å²) < 4.78 is 5.59. The van der Waals surface area contributed by atoms with Gasteiger partial charge in [-0.25, -0.2) is 9.78 Å². The maximum Gasteiger partial charge on any atom is 0.335 e. The Morgan fingerprint density at radius 1 is 1.35 bits per heavy atom. The van der Waals surface area contributed by atoms with Crippen LogP contribution in [0.25, 0.3) is 0 Å². The minimum Gasteiger partial charge on any atom is -0.493 e. The van der Waals surface area contributed by atoms with Gasteiger partial charge in [0.05, 0.1) is 22.9 Å². The molecule has 4 nitrogen and oxygen atoms in total. The minimum atomic E-state index is -0.930.